The molecule has 0 saturated carbocycles. The first-order valence-electron chi connectivity index (χ1n) is 7.76. The predicted octanol–water partition coefficient (Wildman–Crippen LogP) is 3.31. The number of aromatic nitrogens is 2. The van der Waals surface area contributed by atoms with Gasteiger partial charge >= 0.3 is 6.03 Å². The molecular formula is C16H22N4O2S. The number of carbonyl (C=O) groups excluding carboxylic acids is 1. The Balaban J connectivity index is 1.62. The van der Waals surface area contributed by atoms with Crippen molar-refractivity contribution in [2.24, 2.45) is 7.05 Å². The number of rotatable bonds is 4. The van der Waals surface area contributed by atoms with Crippen LogP contribution in [-0.2, 0) is 18.3 Å². The zero-order chi connectivity index (χ0) is 16.4. The quantitative estimate of drug-likeness (QED) is 0.933. The minimum absolute atomic E-state index is 0.0543. The fraction of sp³-hybridized carbons (Fsp3) is 0.500. The van der Waals surface area contributed by atoms with Crippen LogP contribution in [0.5, 0.6) is 0 Å². The van der Waals surface area contributed by atoms with Gasteiger partial charge in [-0.3, -0.25) is 10.00 Å². The highest BCUT2D eigenvalue weighted by Gasteiger charge is 2.22. The van der Waals surface area contributed by atoms with Crippen LogP contribution in [-0.4, -0.2) is 34.4 Å². The van der Waals surface area contributed by atoms with Crippen molar-refractivity contribution in [2.45, 2.75) is 32.4 Å². The van der Waals surface area contributed by atoms with Crippen molar-refractivity contribution < 1.29 is 9.53 Å². The molecule has 0 unspecified atom stereocenters. The fourth-order valence-corrected chi connectivity index (χ4v) is 3.60. The maximum atomic E-state index is 12.4. The highest BCUT2D eigenvalue weighted by atomic mass is 32.1. The minimum Gasteiger partial charge on any atom is -0.372 e. The largest absolute Gasteiger partial charge is 0.372 e. The molecule has 2 aromatic heterocycles. The zero-order valence-corrected chi connectivity index (χ0v) is 14.5. The second kappa shape index (κ2) is 6.72. The van der Waals surface area contributed by atoms with E-state index >= 15 is 0 Å². The molecule has 7 heteroatoms. The van der Waals surface area contributed by atoms with E-state index in [0.29, 0.717) is 12.4 Å². The fourth-order valence-electron chi connectivity index (χ4n) is 2.66. The second-order valence-electron chi connectivity index (χ2n) is 5.88. The smallest absolute Gasteiger partial charge is 0.323 e. The van der Waals surface area contributed by atoms with Crippen LogP contribution in [0.4, 0.5) is 10.6 Å². The van der Waals surface area contributed by atoms with Gasteiger partial charge in [-0.2, -0.15) is 5.10 Å². The number of nitrogens with one attached hydrogen (secondary N) is 1. The van der Waals surface area contributed by atoms with Crippen LogP contribution in [0.3, 0.4) is 0 Å². The lowest BCUT2D eigenvalue weighted by Crippen LogP contribution is -2.31. The molecule has 3 rings (SSSR count). The third kappa shape index (κ3) is 3.73. The number of hydrogen-bond donors (Lipinski definition) is 1. The molecule has 0 aliphatic carbocycles. The minimum atomic E-state index is -0.141. The molecule has 3 heterocycles. The predicted molar refractivity (Wildman–Crippen MR) is 90.7 cm³/mol. The average Bonchev–Trinajstić information content (AvgIpc) is 3.22. The van der Waals surface area contributed by atoms with Crippen molar-refractivity contribution in [3.05, 3.63) is 33.6 Å². The standard InChI is InChI=1S/C16H22N4O2S/c1-11-6-7-12(23-11)10-19(2)16(21)17-15-9-13(18-20(15)3)14-5-4-8-22-14/h6-7,9,14H,4-5,8,10H2,1-3H3,(H,17,21)/t14-/m0/s1. The lowest BCUT2D eigenvalue weighted by atomic mass is 10.2. The van der Waals surface area contributed by atoms with Crippen LogP contribution in [0.15, 0.2) is 18.2 Å². The van der Waals surface area contributed by atoms with Crippen molar-refractivity contribution >= 4 is 23.2 Å². The Morgan fingerprint density at radius 1 is 1.57 bits per heavy atom. The Kier molecular flexibility index (Phi) is 4.68. The molecule has 124 valence electrons. The summed E-state index contributed by atoms with van der Waals surface area (Å²) < 4.78 is 7.34. The number of amides is 2. The Hall–Kier alpha value is -1.86. The Morgan fingerprint density at radius 3 is 3.04 bits per heavy atom. The van der Waals surface area contributed by atoms with Gasteiger partial charge < -0.3 is 9.64 Å². The van der Waals surface area contributed by atoms with Gasteiger partial charge in [-0.05, 0) is 31.9 Å². The Labute approximate surface area is 140 Å². The third-order valence-corrected chi connectivity index (χ3v) is 4.91. The average molecular weight is 334 g/mol. The number of aryl methyl sites for hydroxylation is 2. The van der Waals surface area contributed by atoms with Gasteiger partial charge in [0.2, 0.25) is 0 Å². The van der Waals surface area contributed by atoms with Gasteiger partial charge in [0, 0.05) is 36.5 Å². The summed E-state index contributed by atoms with van der Waals surface area (Å²) in [6.07, 6.45) is 2.10. The first-order chi connectivity index (χ1) is 11.0. The number of ether oxygens (including phenoxy) is 1. The van der Waals surface area contributed by atoms with E-state index in [-0.39, 0.29) is 12.1 Å². The summed E-state index contributed by atoms with van der Waals surface area (Å²) in [6, 6.07) is 5.89. The van der Waals surface area contributed by atoms with Crippen LogP contribution < -0.4 is 5.32 Å². The molecule has 0 radical (unpaired) electrons. The molecule has 1 N–H and O–H groups in total. The number of urea groups is 1. The number of anilines is 1. The van der Waals surface area contributed by atoms with E-state index in [1.54, 1.807) is 28.0 Å². The second-order valence-corrected chi connectivity index (χ2v) is 7.25. The maximum Gasteiger partial charge on any atom is 0.323 e. The number of hydrogen-bond acceptors (Lipinski definition) is 4. The molecule has 0 aromatic carbocycles. The molecule has 2 aromatic rings. The molecule has 0 bridgehead atoms. The van der Waals surface area contributed by atoms with E-state index in [4.69, 9.17) is 4.74 Å². The lowest BCUT2D eigenvalue weighted by molar-refractivity contribution is 0.108. The molecule has 1 aliphatic rings. The topological polar surface area (TPSA) is 59.4 Å². The Bertz CT molecular complexity index is 688. The van der Waals surface area contributed by atoms with Crippen LogP contribution in [0.1, 0.15) is 34.4 Å². The van der Waals surface area contributed by atoms with E-state index < -0.39 is 0 Å². The van der Waals surface area contributed by atoms with Gasteiger partial charge in [0.25, 0.3) is 0 Å². The third-order valence-electron chi connectivity index (χ3n) is 3.93. The maximum absolute atomic E-state index is 12.4. The molecule has 0 spiro atoms. The van der Waals surface area contributed by atoms with Crippen molar-refractivity contribution in [3.63, 3.8) is 0 Å². The summed E-state index contributed by atoms with van der Waals surface area (Å²) in [5.41, 5.74) is 0.886. The van der Waals surface area contributed by atoms with Gasteiger partial charge in [0.05, 0.1) is 12.2 Å². The van der Waals surface area contributed by atoms with E-state index in [1.165, 1.54) is 9.75 Å². The summed E-state index contributed by atoms with van der Waals surface area (Å²) >= 11 is 1.71. The van der Waals surface area contributed by atoms with Gasteiger partial charge in [-0.25, -0.2) is 4.79 Å². The zero-order valence-electron chi connectivity index (χ0n) is 13.7. The molecule has 1 fully saturated rings. The van der Waals surface area contributed by atoms with E-state index in [0.717, 1.165) is 25.1 Å². The summed E-state index contributed by atoms with van der Waals surface area (Å²) in [5.74, 6) is 0.690. The summed E-state index contributed by atoms with van der Waals surface area (Å²) in [4.78, 5) is 16.4. The molecule has 1 aliphatic heterocycles. The van der Waals surface area contributed by atoms with Crippen LogP contribution >= 0.6 is 11.3 Å². The molecular weight excluding hydrogens is 312 g/mol. The normalized spacial score (nSPS) is 17.4. The number of nitrogens with zero attached hydrogens (tertiary/aromatic N) is 3. The highest BCUT2D eigenvalue weighted by Crippen LogP contribution is 2.29. The Morgan fingerprint density at radius 2 is 2.39 bits per heavy atom. The van der Waals surface area contributed by atoms with Gasteiger partial charge in [0.15, 0.2) is 0 Å². The van der Waals surface area contributed by atoms with Crippen LogP contribution in [0.2, 0.25) is 0 Å². The highest BCUT2D eigenvalue weighted by molar-refractivity contribution is 7.11. The van der Waals surface area contributed by atoms with Gasteiger partial charge in [-0.1, -0.05) is 0 Å². The number of thiophene rings is 1. The SMILES string of the molecule is Cc1ccc(CN(C)C(=O)Nc2cc([C@@H]3CCCO3)nn2C)s1. The summed E-state index contributed by atoms with van der Waals surface area (Å²) in [6.45, 7) is 3.45. The molecule has 23 heavy (non-hydrogen) atoms. The van der Waals surface area contributed by atoms with Crippen LogP contribution in [0.25, 0.3) is 0 Å². The van der Waals surface area contributed by atoms with Crippen molar-refractivity contribution in [2.75, 3.05) is 19.0 Å². The van der Waals surface area contributed by atoms with E-state index in [1.807, 2.05) is 13.1 Å². The molecule has 2 amide bonds. The first kappa shape index (κ1) is 16.0. The first-order valence-corrected chi connectivity index (χ1v) is 8.57. The molecule has 1 saturated heterocycles. The molecule has 6 nitrogen and oxygen atoms in total. The van der Waals surface area contributed by atoms with Crippen LogP contribution in [0, 0.1) is 6.92 Å². The van der Waals surface area contributed by atoms with Crippen molar-refractivity contribution in [3.8, 4) is 0 Å². The summed E-state index contributed by atoms with van der Waals surface area (Å²) in [7, 11) is 3.62. The lowest BCUT2D eigenvalue weighted by Gasteiger charge is -2.17. The van der Waals surface area contributed by atoms with E-state index in [9.17, 15) is 4.79 Å². The van der Waals surface area contributed by atoms with E-state index in [2.05, 4.69) is 29.5 Å². The van der Waals surface area contributed by atoms with Gasteiger partial charge in [-0.15, -0.1) is 11.3 Å². The van der Waals surface area contributed by atoms with Crippen molar-refractivity contribution in [1.29, 1.82) is 0 Å². The monoisotopic (exact) mass is 334 g/mol. The van der Waals surface area contributed by atoms with Crippen molar-refractivity contribution in [1.82, 2.24) is 14.7 Å². The van der Waals surface area contributed by atoms with Gasteiger partial charge in [0.1, 0.15) is 11.9 Å². The summed E-state index contributed by atoms with van der Waals surface area (Å²) in [5, 5.41) is 7.37. The molecule has 1 atom stereocenters. The number of carbonyl (C=O) groups is 1.